The number of unbranched alkanes of at least 4 members (excludes halogenated alkanes) is 1. The fraction of sp³-hybridized carbons (Fsp3) is 0.667. The van der Waals surface area contributed by atoms with Gasteiger partial charge in [-0.05, 0) is 19.3 Å². The molecule has 3 nitrogen and oxygen atoms in total. The van der Waals surface area contributed by atoms with Gasteiger partial charge in [-0.2, -0.15) is 0 Å². The quantitative estimate of drug-likeness (QED) is 0.645. The maximum Gasteiger partial charge on any atom is 0.132 e. The summed E-state index contributed by atoms with van der Waals surface area (Å²) in [6, 6.07) is 0. The van der Waals surface area contributed by atoms with Crippen LogP contribution in [0.5, 0.6) is 0 Å². The molecule has 0 bridgehead atoms. The van der Waals surface area contributed by atoms with Gasteiger partial charge in [0.25, 0.3) is 0 Å². The Hall–Kier alpha value is -1.12. The topological polar surface area (TPSA) is 34.9 Å². The summed E-state index contributed by atoms with van der Waals surface area (Å²) < 4.78 is 2.04. The maximum absolute atomic E-state index is 11.3. The highest BCUT2D eigenvalue weighted by molar-refractivity contribution is 5.78. The molecule has 0 amide bonds. The van der Waals surface area contributed by atoms with E-state index in [4.69, 9.17) is 0 Å². The van der Waals surface area contributed by atoms with Gasteiger partial charge < -0.3 is 4.57 Å². The first-order valence-electron chi connectivity index (χ1n) is 5.72. The molecule has 3 heteroatoms. The molecule has 15 heavy (non-hydrogen) atoms. The van der Waals surface area contributed by atoms with Crippen LogP contribution in [0.25, 0.3) is 0 Å². The van der Waals surface area contributed by atoms with Crippen molar-refractivity contribution in [1.29, 1.82) is 0 Å². The summed E-state index contributed by atoms with van der Waals surface area (Å²) in [5.41, 5.74) is 0. The van der Waals surface area contributed by atoms with Gasteiger partial charge in [-0.25, -0.2) is 4.98 Å². The third kappa shape index (κ3) is 4.28. The number of nitrogens with zero attached hydrogens (tertiary/aromatic N) is 2. The molecule has 1 aromatic heterocycles. The number of Topliss-reactive ketones (excluding diaryl/α,β-unsaturated/α-hetero) is 1. The Kier molecular flexibility index (Phi) is 5.08. The van der Waals surface area contributed by atoms with E-state index in [0.717, 1.165) is 44.3 Å². The van der Waals surface area contributed by atoms with Crippen LogP contribution in [0.3, 0.4) is 0 Å². The van der Waals surface area contributed by atoms with E-state index in [9.17, 15) is 4.79 Å². The Labute approximate surface area is 91.5 Å². The lowest BCUT2D eigenvalue weighted by atomic mass is 10.1. The molecular formula is C12H20N2O. The fourth-order valence-electron chi connectivity index (χ4n) is 1.65. The molecule has 0 aliphatic carbocycles. The van der Waals surface area contributed by atoms with E-state index in [1.807, 2.05) is 30.9 Å². The van der Waals surface area contributed by atoms with Crippen molar-refractivity contribution in [3.05, 3.63) is 18.2 Å². The Morgan fingerprint density at radius 3 is 2.80 bits per heavy atom. The van der Waals surface area contributed by atoms with Crippen LogP contribution in [0.4, 0.5) is 0 Å². The van der Waals surface area contributed by atoms with Crippen molar-refractivity contribution >= 4 is 5.78 Å². The standard InChI is InChI=1S/C12H20N2O/c1-3-6-11(15)7-4-5-8-12-13-9-10-14(12)2/h9-10H,3-8H2,1-2H3. The number of hydrogen-bond acceptors (Lipinski definition) is 2. The largest absolute Gasteiger partial charge is 0.338 e. The number of aromatic nitrogens is 2. The van der Waals surface area contributed by atoms with E-state index in [0.29, 0.717) is 5.78 Å². The zero-order chi connectivity index (χ0) is 11.1. The maximum atomic E-state index is 11.3. The van der Waals surface area contributed by atoms with Gasteiger partial charge in [-0.3, -0.25) is 4.79 Å². The minimum absolute atomic E-state index is 0.400. The van der Waals surface area contributed by atoms with E-state index in [1.165, 1.54) is 0 Å². The Bertz CT molecular complexity index is 304. The first-order valence-corrected chi connectivity index (χ1v) is 5.72. The second-order valence-electron chi connectivity index (χ2n) is 3.95. The van der Waals surface area contributed by atoms with Crippen LogP contribution in [0.1, 0.15) is 44.9 Å². The van der Waals surface area contributed by atoms with Crippen molar-refractivity contribution < 1.29 is 4.79 Å². The molecule has 1 heterocycles. The summed E-state index contributed by atoms with van der Waals surface area (Å²) in [5.74, 6) is 1.51. The van der Waals surface area contributed by atoms with Crippen molar-refractivity contribution in [2.24, 2.45) is 7.05 Å². The van der Waals surface area contributed by atoms with Crippen molar-refractivity contribution in [3.8, 4) is 0 Å². The molecule has 0 aromatic carbocycles. The van der Waals surface area contributed by atoms with Gasteiger partial charge >= 0.3 is 0 Å². The zero-order valence-corrected chi connectivity index (χ0v) is 9.70. The molecule has 1 aromatic rings. The molecule has 0 saturated carbocycles. The van der Waals surface area contributed by atoms with Crippen LogP contribution < -0.4 is 0 Å². The summed E-state index contributed by atoms with van der Waals surface area (Å²) in [6.45, 7) is 2.05. The molecule has 0 aliphatic rings. The van der Waals surface area contributed by atoms with Gasteiger partial charge in [0.1, 0.15) is 11.6 Å². The number of rotatable bonds is 7. The van der Waals surface area contributed by atoms with Gasteiger partial charge in [0.2, 0.25) is 0 Å². The van der Waals surface area contributed by atoms with Crippen LogP contribution in [-0.4, -0.2) is 15.3 Å². The lowest BCUT2D eigenvalue weighted by molar-refractivity contribution is -0.119. The second-order valence-corrected chi connectivity index (χ2v) is 3.95. The number of imidazole rings is 1. The highest BCUT2D eigenvalue weighted by atomic mass is 16.1. The van der Waals surface area contributed by atoms with Gasteiger partial charge in [-0.15, -0.1) is 0 Å². The number of aryl methyl sites for hydroxylation is 2. The molecule has 1 rings (SSSR count). The SMILES string of the molecule is CCCC(=O)CCCCc1nccn1C. The van der Waals surface area contributed by atoms with E-state index in [-0.39, 0.29) is 0 Å². The van der Waals surface area contributed by atoms with E-state index >= 15 is 0 Å². The zero-order valence-electron chi connectivity index (χ0n) is 9.70. The Morgan fingerprint density at radius 1 is 1.40 bits per heavy atom. The van der Waals surface area contributed by atoms with Crippen LogP contribution in [0.2, 0.25) is 0 Å². The molecule has 0 N–H and O–H groups in total. The summed E-state index contributed by atoms with van der Waals surface area (Å²) in [7, 11) is 2.00. The molecule has 0 spiro atoms. The first-order chi connectivity index (χ1) is 7.24. The molecule has 0 unspecified atom stereocenters. The number of carbonyl (C=O) groups is 1. The number of carbonyl (C=O) groups excluding carboxylic acids is 1. The van der Waals surface area contributed by atoms with E-state index in [1.54, 1.807) is 0 Å². The lowest BCUT2D eigenvalue weighted by Crippen LogP contribution is -2.00. The van der Waals surface area contributed by atoms with E-state index in [2.05, 4.69) is 4.98 Å². The molecule has 0 fully saturated rings. The molecular weight excluding hydrogens is 188 g/mol. The second kappa shape index (κ2) is 6.38. The van der Waals surface area contributed by atoms with Gasteiger partial charge in [0, 0.05) is 38.7 Å². The Morgan fingerprint density at radius 2 is 2.20 bits per heavy atom. The summed E-state index contributed by atoms with van der Waals surface area (Å²) in [4.78, 5) is 15.5. The monoisotopic (exact) mass is 208 g/mol. The van der Waals surface area contributed by atoms with Crippen molar-refractivity contribution in [2.75, 3.05) is 0 Å². The lowest BCUT2D eigenvalue weighted by Gasteiger charge is -2.01. The molecule has 0 saturated heterocycles. The smallest absolute Gasteiger partial charge is 0.132 e. The van der Waals surface area contributed by atoms with Crippen LogP contribution in [0, 0.1) is 0 Å². The van der Waals surface area contributed by atoms with Crippen LogP contribution in [0.15, 0.2) is 12.4 Å². The predicted molar refractivity (Wildman–Crippen MR) is 60.7 cm³/mol. The van der Waals surface area contributed by atoms with E-state index < -0.39 is 0 Å². The minimum Gasteiger partial charge on any atom is -0.338 e. The van der Waals surface area contributed by atoms with Gasteiger partial charge in [-0.1, -0.05) is 6.92 Å². The summed E-state index contributed by atoms with van der Waals surface area (Å²) >= 11 is 0. The first kappa shape index (κ1) is 12.0. The normalized spacial score (nSPS) is 10.5. The fourth-order valence-corrected chi connectivity index (χ4v) is 1.65. The highest BCUT2D eigenvalue weighted by Gasteiger charge is 2.02. The average molecular weight is 208 g/mol. The summed E-state index contributed by atoms with van der Waals surface area (Å²) in [6.07, 6.45) is 9.24. The number of ketones is 1. The molecule has 0 radical (unpaired) electrons. The average Bonchev–Trinajstić information content (AvgIpc) is 2.60. The number of hydrogen-bond donors (Lipinski definition) is 0. The van der Waals surface area contributed by atoms with Gasteiger partial charge in [0.15, 0.2) is 0 Å². The van der Waals surface area contributed by atoms with Crippen molar-refractivity contribution in [2.45, 2.75) is 45.4 Å². The summed E-state index contributed by atoms with van der Waals surface area (Å²) in [5, 5.41) is 0. The molecule has 84 valence electrons. The van der Waals surface area contributed by atoms with Gasteiger partial charge in [0.05, 0.1) is 0 Å². The highest BCUT2D eigenvalue weighted by Crippen LogP contribution is 2.06. The Balaban J connectivity index is 2.12. The van der Waals surface area contributed by atoms with Crippen molar-refractivity contribution in [3.63, 3.8) is 0 Å². The van der Waals surface area contributed by atoms with Crippen molar-refractivity contribution in [1.82, 2.24) is 9.55 Å². The van der Waals surface area contributed by atoms with Crippen LogP contribution in [-0.2, 0) is 18.3 Å². The van der Waals surface area contributed by atoms with Crippen LogP contribution >= 0.6 is 0 Å². The third-order valence-corrected chi connectivity index (χ3v) is 2.56. The minimum atomic E-state index is 0.400. The molecule has 0 atom stereocenters. The molecule has 0 aliphatic heterocycles. The predicted octanol–water partition coefficient (Wildman–Crippen LogP) is 2.50. The third-order valence-electron chi connectivity index (χ3n) is 2.56.